The summed E-state index contributed by atoms with van der Waals surface area (Å²) in [7, 11) is 5.14. The Labute approximate surface area is 189 Å². The molecule has 0 fully saturated rings. The second kappa shape index (κ2) is 8.58. The van der Waals surface area contributed by atoms with Crippen molar-refractivity contribution in [2.75, 3.05) is 19.1 Å². The fraction of sp³-hybridized carbons (Fsp3) is 0.174. The van der Waals surface area contributed by atoms with Crippen LogP contribution in [0.1, 0.15) is 5.69 Å². The summed E-state index contributed by atoms with van der Waals surface area (Å²) in [5.41, 5.74) is 5.83. The summed E-state index contributed by atoms with van der Waals surface area (Å²) in [6.07, 6.45) is 7.16. The van der Waals surface area contributed by atoms with Gasteiger partial charge in [-0.2, -0.15) is 20.5 Å². The number of aromatic amines is 1. The molecule has 0 amide bonds. The first-order valence-electron chi connectivity index (χ1n) is 10.2. The molecule has 3 heterocycles. The first kappa shape index (κ1) is 20.4. The highest BCUT2D eigenvalue weighted by Gasteiger charge is 2.16. The standard InChI is InChI=1S/C23H22N8O2/c1-30-13-15(10-26-30)23-12-24-21-5-4-17(8-22(21)27-23)31(14-16-11-25-29-28-16)18-6-19(32-2)9-20(7-18)33-3/h4-13H,14H2,1-3H3,(H,25,28,29). The number of aromatic nitrogens is 7. The minimum Gasteiger partial charge on any atom is -0.497 e. The first-order chi connectivity index (χ1) is 16.1. The number of benzene rings is 2. The minimum absolute atomic E-state index is 0.480. The van der Waals surface area contributed by atoms with Gasteiger partial charge in [0.25, 0.3) is 0 Å². The smallest absolute Gasteiger partial charge is 0.124 e. The van der Waals surface area contributed by atoms with Crippen LogP contribution < -0.4 is 14.4 Å². The quantitative estimate of drug-likeness (QED) is 0.408. The molecule has 5 aromatic rings. The molecule has 166 valence electrons. The van der Waals surface area contributed by atoms with Crippen molar-refractivity contribution < 1.29 is 9.47 Å². The second-order valence-electron chi connectivity index (χ2n) is 7.45. The van der Waals surface area contributed by atoms with Gasteiger partial charge in [0.15, 0.2) is 0 Å². The van der Waals surface area contributed by atoms with Gasteiger partial charge in [0.2, 0.25) is 0 Å². The normalized spacial score (nSPS) is 11.0. The van der Waals surface area contributed by atoms with Crippen molar-refractivity contribution in [1.29, 1.82) is 0 Å². The van der Waals surface area contributed by atoms with Crippen LogP contribution in [0.3, 0.4) is 0 Å². The number of anilines is 2. The highest BCUT2D eigenvalue weighted by atomic mass is 16.5. The molecule has 0 aliphatic carbocycles. The van der Waals surface area contributed by atoms with Crippen LogP contribution in [-0.4, -0.2) is 49.4 Å². The number of methoxy groups -OCH3 is 2. The SMILES string of the molecule is COc1cc(OC)cc(N(Cc2cn[nH]n2)c2ccc3ncc(-c4cnn(C)c4)nc3c2)c1. The molecule has 3 aromatic heterocycles. The molecule has 10 heteroatoms. The number of aryl methyl sites for hydroxylation is 1. The maximum atomic E-state index is 5.48. The van der Waals surface area contributed by atoms with Gasteiger partial charge in [-0.15, -0.1) is 0 Å². The van der Waals surface area contributed by atoms with Gasteiger partial charge >= 0.3 is 0 Å². The fourth-order valence-corrected chi connectivity index (χ4v) is 3.60. The molecule has 0 unspecified atom stereocenters. The first-order valence-corrected chi connectivity index (χ1v) is 10.2. The zero-order valence-electron chi connectivity index (χ0n) is 18.4. The lowest BCUT2D eigenvalue weighted by molar-refractivity contribution is 0.394. The van der Waals surface area contributed by atoms with Gasteiger partial charge in [-0.1, -0.05) is 0 Å². The Kier molecular flexibility index (Phi) is 5.31. The van der Waals surface area contributed by atoms with Gasteiger partial charge in [0.05, 0.1) is 56.1 Å². The summed E-state index contributed by atoms with van der Waals surface area (Å²) < 4.78 is 12.7. The third kappa shape index (κ3) is 4.18. The van der Waals surface area contributed by atoms with E-state index in [1.807, 2.05) is 49.6 Å². The zero-order valence-corrected chi connectivity index (χ0v) is 18.4. The molecule has 10 nitrogen and oxygen atoms in total. The molecule has 0 saturated carbocycles. The number of nitrogens with one attached hydrogen (secondary N) is 1. The molecule has 0 spiro atoms. The van der Waals surface area contributed by atoms with Crippen molar-refractivity contribution in [1.82, 2.24) is 35.2 Å². The summed E-state index contributed by atoms with van der Waals surface area (Å²) in [5.74, 6) is 1.38. The lowest BCUT2D eigenvalue weighted by atomic mass is 10.2. The number of nitrogens with zero attached hydrogens (tertiary/aromatic N) is 7. The Morgan fingerprint density at radius 1 is 0.939 bits per heavy atom. The van der Waals surface area contributed by atoms with Gasteiger partial charge in [0, 0.05) is 48.4 Å². The molecule has 0 bridgehead atoms. The summed E-state index contributed by atoms with van der Waals surface area (Å²) in [5, 5.41) is 15.1. The number of hydrogen-bond acceptors (Lipinski definition) is 8. The Morgan fingerprint density at radius 3 is 2.42 bits per heavy atom. The minimum atomic E-state index is 0.480. The van der Waals surface area contributed by atoms with E-state index in [0.29, 0.717) is 18.0 Å². The van der Waals surface area contributed by atoms with Crippen LogP contribution in [0.5, 0.6) is 11.5 Å². The summed E-state index contributed by atoms with van der Waals surface area (Å²) in [6.45, 7) is 0.480. The van der Waals surface area contributed by atoms with Gasteiger partial charge in [0.1, 0.15) is 17.2 Å². The van der Waals surface area contributed by atoms with Gasteiger partial charge in [-0.05, 0) is 18.2 Å². The van der Waals surface area contributed by atoms with Crippen molar-refractivity contribution in [3.05, 3.63) is 66.9 Å². The maximum absolute atomic E-state index is 5.48. The molecule has 5 rings (SSSR count). The van der Waals surface area contributed by atoms with E-state index in [9.17, 15) is 0 Å². The van der Waals surface area contributed by atoms with E-state index in [4.69, 9.17) is 14.5 Å². The van der Waals surface area contributed by atoms with Gasteiger partial charge in [-0.25, -0.2) is 4.98 Å². The van der Waals surface area contributed by atoms with Crippen LogP contribution in [0, 0.1) is 0 Å². The third-order valence-corrected chi connectivity index (χ3v) is 5.27. The molecular weight excluding hydrogens is 420 g/mol. The topological polar surface area (TPSA) is 107 Å². The van der Waals surface area contributed by atoms with E-state index in [1.54, 1.807) is 37.5 Å². The van der Waals surface area contributed by atoms with Crippen molar-refractivity contribution in [3.8, 4) is 22.8 Å². The Balaban J connectivity index is 1.61. The van der Waals surface area contributed by atoms with Crippen LogP contribution in [0.4, 0.5) is 11.4 Å². The zero-order chi connectivity index (χ0) is 22.8. The van der Waals surface area contributed by atoms with E-state index in [2.05, 4.69) is 30.4 Å². The molecule has 0 aliphatic rings. The van der Waals surface area contributed by atoms with Crippen LogP contribution in [0.2, 0.25) is 0 Å². The molecule has 0 radical (unpaired) electrons. The van der Waals surface area contributed by atoms with Crippen LogP contribution in [-0.2, 0) is 13.6 Å². The molecule has 2 aromatic carbocycles. The Bertz CT molecular complexity index is 1370. The Morgan fingerprint density at radius 2 is 1.76 bits per heavy atom. The molecule has 0 aliphatic heterocycles. The number of H-pyrrole nitrogens is 1. The number of ether oxygens (including phenoxy) is 2. The lowest BCUT2D eigenvalue weighted by Crippen LogP contribution is -2.17. The van der Waals surface area contributed by atoms with E-state index >= 15 is 0 Å². The van der Waals surface area contributed by atoms with Crippen LogP contribution >= 0.6 is 0 Å². The molecule has 0 saturated heterocycles. The van der Waals surface area contributed by atoms with E-state index in [0.717, 1.165) is 39.4 Å². The molecular formula is C23H22N8O2. The third-order valence-electron chi connectivity index (χ3n) is 5.27. The molecule has 0 atom stereocenters. The van der Waals surface area contributed by atoms with E-state index in [1.165, 1.54) is 0 Å². The summed E-state index contributed by atoms with van der Waals surface area (Å²) in [4.78, 5) is 11.5. The highest BCUT2D eigenvalue weighted by molar-refractivity contribution is 5.82. The highest BCUT2D eigenvalue weighted by Crippen LogP contribution is 2.35. The van der Waals surface area contributed by atoms with Gasteiger partial charge in [-0.3, -0.25) is 9.67 Å². The van der Waals surface area contributed by atoms with Crippen LogP contribution in [0.15, 0.2) is 61.2 Å². The number of rotatable bonds is 7. The predicted octanol–water partition coefficient (Wildman–Crippen LogP) is 3.50. The predicted molar refractivity (Wildman–Crippen MR) is 124 cm³/mol. The lowest BCUT2D eigenvalue weighted by Gasteiger charge is -2.25. The van der Waals surface area contributed by atoms with Crippen molar-refractivity contribution in [2.24, 2.45) is 7.05 Å². The average Bonchev–Trinajstić information content (AvgIpc) is 3.53. The van der Waals surface area contributed by atoms with E-state index < -0.39 is 0 Å². The van der Waals surface area contributed by atoms with Crippen molar-refractivity contribution in [3.63, 3.8) is 0 Å². The largest absolute Gasteiger partial charge is 0.497 e. The monoisotopic (exact) mass is 442 g/mol. The maximum Gasteiger partial charge on any atom is 0.124 e. The number of fused-ring (bicyclic) bond motifs is 1. The van der Waals surface area contributed by atoms with Crippen molar-refractivity contribution >= 4 is 22.4 Å². The Hall–Kier alpha value is -4.47. The molecule has 1 N–H and O–H groups in total. The van der Waals surface area contributed by atoms with Crippen molar-refractivity contribution in [2.45, 2.75) is 6.54 Å². The van der Waals surface area contributed by atoms with E-state index in [-0.39, 0.29) is 0 Å². The fourth-order valence-electron chi connectivity index (χ4n) is 3.60. The van der Waals surface area contributed by atoms with Gasteiger partial charge < -0.3 is 14.4 Å². The number of hydrogen-bond donors (Lipinski definition) is 1. The second-order valence-corrected chi connectivity index (χ2v) is 7.45. The molecule has 33 heavy (non-hydrogen) atoms. The van der Waals surface area contributed by atoms with Crippen LogP contribution in [0.25, 0.3) is 22.3 Å². The summed E-state index contributed by atoms with van der Waals surface area (Å²) >= 11 is 0. The summed E-state index contributed by atoms with van der Waals surface area (Å²) in [6, 6.07) is 11.7. The average molecular weight is 442 g/mol.